The van der Waals surface area contributed by atoms with Crippen molar-refractivity contribution in [3.8, 4) is 11.3 Å². The van der Waals surface area contributed by atoms with Gasteiger partial charge in [0, 0.05) is 44.5 Å². The summed E-state index contributed by atoms with van der Waals surface area (Å²) in [5.74, 6) is 1.91. The second-order valence-electron chi connectivity index (χ2n) is 10.5. The molecule has 0 spiro atoms. The number of ketones is 1. The molecule has 13 heteroatoms. The first kappa shape index (κ1) is 25.6. The first-order chi connectivity index (χ1) is 19.2. The second kappa shape index (κ2) is 9.81. The zero-order chi connectivity index (χ0) is 28.1. The van der Waals surface area contributed by atoms with E-state index >= 15 is 0 Å². The fourth-order valence-corrected chi connectivity index (χ4v) is 5.21. The molecule has 6 rings (SSSR count). The third kappa shape index (κ3) is 4.46. The molecule has 2 fully saturated rings. The minimum atomic E-state index is -0.870. The van der Waals surface area contributed by atoms with E-state index in [0.717, 1.165) is 41.0 Å². The van der Waals surface area contributed by atoms with Gasteiger partial charge in [0.05, 0.1) is 18.6 Å². The zero-order valence-electron chi connectivity index (χ0n) is 22.4. The van der Waals surface area contributed by atoms with E-state index in [9.17, 15) is 19.2 Å². The largest absolute Gasteiger partial charge is 0.340 e. The summed E-state index contributed by atoms with van der Waals surface area (Å²) in [6.07, 6.45) is 6.31. The molecule has 206 valence electrons. The quantitative estimate of drug-likeness (QED) is 0.348. The lowest BCUT2D eigenvalue weighted by atomic mass is 10.2. The van der Waals surface area contributed by atoms with Crippen molar-refractivity contribution in [3.63, 3.8) is 0 Å². The molecule has 1 N–H and O–H groups in total. The average molecular weight is 544 g/mol. The summed E-state index contributed by atoms with van der Waals surface area (Å²) in [5, 5.41) is 2.79. The van der Waals surface area contributed by atoms with Gasteiger partial charge in [-0.2, -0.15) is 0 Å². The normalized spacial score (nSPS) is 18.5. The van der Waals surface area contributed by atoms with Gasteiger partial charge in [-0.1, -0.05) is 13.0 Å². The van der Waals surface area contributed by atoms with E-state index in [1.807, 2.05) is 6.07 Å². The topological polar surface area (TPSA) is 150 Å². The summed E-state index contributed by atoms with van der Waals surface area (Å²) in [6.45, 7) is 4.95. The predicted molar refractivity (Wildman–Crippen MR) is 147 cm³/mol. The molecular formula is C27H29N9O4. The van der Waals surface area contributed by atoms with Crippen LogP contribution in [0.4, 0.5) is 11.8 Å². The fraction of sp³-hybridized carbons (Fsp3) is 0.407. The maximum absolute atomic E-state index is 13.2. The Morgan fingerprint density at radius 3 is 2.52 bits per heavy atom. The molecule has 1 amide bonds. The van der Waals surface area contributed by atoms with Gasteiger partial charge in [-0.25, -0.2) is 24.7 Å². The lowest BCUT2D eigenvalue weighted by molar-refractivity contribution is -0.120. The number of hydrogen-bond acceptors (Lipinski definition) is 9. The van der Waals surface area contributed by atoms with Crippen LogP contribution in [0.25, 0.3) is 22.4 Å². The number of pyridine rings is 1. The standard InChI is InChI=1S/C27H29N9O4/c1-4-19(37)13-35-25(39)22-23(33(3)27(35)40)30-14-36(22)15(2)24(38)32-21-7-5-6-20(31-21)18-9-28-26(29-10-18)34-11-16-8-17(16)12-34/h5-7,9-10,14-17H,4,8,11-13H2,1-3H3,(H,31,32,38)/t15-,16?,17?/m0/s1. The highest BCUT2D eigenvalue weighted by atomic mass is 16.2. The number of aromatic nitrogens is 7. The van der Waals surface area contributed by atoms with Crippen molar-refractivity contribution < 1.29 is 9.59 Å². The third-order valence-electron chi connectivity index (χ3n) is 7.78. The minimum absolute atomic E-state index is 0.0582. The van der Waals surface area contributed by atoms with Crippen LogP contribution in [0.2, 0.25) is 0 Å². The predicted octanol–water partition coefficient (Wildman–Crippen LogP) is 1.38. The number of piperidine rings is 1. The van der Waals surface area contributed by atoms with Crippen molar-refractivity contribution in [1.82, 2.24) is 33.6 Å². The van der Waals surface area contributed by atoms with E-state index in [0.29, 0.717) is 11.5 Å². The van der Waals surface area contributed by atoms with Crippen LogP contribution in [0.1, 0.15) is 32.7 Å². The third-order valence-corrected chi connectivity index (χ3v) is 7.78. The van der Waals surface area contributed by atoms with E-state index in [1.54, 1.807) is 38.4 Å². The van der Waals surface area contributed by atoms with Crippen LogP contribution in [-0.2, 0) is 23.2 Å². The van der Waals surface area contributed by atoms with Crippen LogP contribution >= 0.6 is 0 Å². The van der Waals surface area contributed by atoms with Crippen LogP contribution in [0, 0.1) is 11.8 Å². The Bertz CT molecular complexity index is 1740. The highest BCUT2D eigenvalue weighted by molar-refractivity contribution is 5.93. The molecule has 2 unspecified atom stereocenters. The molecule has 1 aliphatic heterocycles. The van der Waals surface area contributed by atoms with Crippen LogP contribution in [-0.4, -0.2) is 58.4 Å². The molecule has 0 aromatic carbocycles. The molecule has 40 heavy (non-hydrogen) atoms. The Labute approximate surface area is 228 Å². The van der Waals surface area contributed by atoms with E-state index < -0.39 is 23.2 Å². The van der Waals surface area contributed by atoms with Crippen molar-refractivity contribution in [2.75, 3.05) is 23.3 Å². The van der Waals surface area contributed by atoms with Gasteiger partial charge in [0.15, 0.2) is 16.9 Å². The number of amides is 1. The molecular weight excluding hydrogens is 514 g/mol. The monoisotopic (exact) mass is 543 g/mol. The molecule has 1 aliphatic carbocycles. The molecule has 0 bridgehead atoms. The van der Waals surface area contributed by atoms with Crippen LogP contribution in [0.3, 0.4) is 0 Å². The number of anilines is 2. The Morgan fingerprint density at radius 2 is 1.82 bits per heavy atom. The van der Waals surface area contributed by atoms with Gasteiger partial charge in [0.25, 0.3) is 5.56 Å². The molecule has 4 aromatic heterocycles. The number of rotatable bonds is 8. The summed E-state index contributed by atoms with van der Waals surface area (Å²) >= 11 is 0. The number of carbonyl (C=O) groups is 2. The number of carbonyl (C=O) groups excluding carboxylic acids is 2. The van der Waals surface area contributed by atoms with Crippen LogP contribution < -0.4 is 21.5 Å². The Balaban J connectivity index is 1.22. The fourth-order valence-electron chi connectivity index (χ4n) is 5.21. The number of aryl methyl sites for hydroxylation is 1. The van der Waals surface area contributed by atoms with Gasteiger partial charge in [0.1, 0.15) is 11.9 Å². The number of fused-ring (bicyclic) bond motifs is 2. The van der Waals surface area contributed by atoms with Crippen LogP contribution in [0.15, 0.2) is 46.5 Å². The minimum Gasteiger partial charge on any atom is -0.340 e. The average Bonchev–Trinajstić information content (AvgIpc) is 3.35. The Hall–Kier alpha value is -4.68. The van der Waals surface area contributed by atoms with Gasteiger partial charge < -0.3 is 14.8 Å². The van der Waals surface area contributed by atoms with Crippen molar-refractivity contribution in [2.24, 2.45) is 18.9 Å². The first-order valence-corrected chi connectivity index (χ1v) is 13.3. The highest BCUT2D eigenvalue weighted by Gasteiger charge is 2.45. The van der Waals surface area contributed by atoms with Crippen molar-refractivity contribution in [2.45, 2.75) is 39.3 Å². The van der Waals surface area contributed by atoms with Gasteiger partial charge in [-0.3, -0.25) is 23.5 Å². The number of imidazole rings is 1. The molecule has 5 heterocycles. The van der Waals surface area contributed by atoms with Crippen LogP contribution in [0.5, 0.6) is 0 Å². The molecule has 1 saturated carbocycles. The molecule has 13 nitrogen and oxygen atoms in total. The second-order valence-corrected chi connectivity index (χ2v) is 10.5. The zero-order valence-corrected chi connectivity index (χ0v) is 22.4. The SMILES string of the molecule is CCC(=O)Cn1c(=O)c2c(ncn2[C@@H](C)C(=O)Nc2cccc(-c3cnc(N4CC5CC5C4)nc3)n2)n(C)c1=O. The number of Topliss-reactive ketones (excluding diaryl/α,β-unsaturated/α-hetero) is 1. The van der Waals surface area contributed by atoms with Crippen molar-refractivity contribution in [1.29, 1.82) is 0 Å². The molecule has 0 radical (unpaired) electrons. The number of hydrogen-bond donors (Lipinski definition) is 1. The molecule has 1 saturated heterocycles. The molecule has 3 atom stereocenters. The lowest BCUT2D eigenvalue weighted by Crippen LogP contribution is -2.41. The summed E-state index contributed by atoms with van der Waals surface area (Å²) < 4.78 is 3.48. The maximum Gasteiger partial charge on any atom is 0.332 e. The molecule has 2 aliphatic rings. The lowest BCUT2D eigenvalue weighted by Gasteiger charge is -2.17. The van der Waals surface area contributed by atoms with E-state index in [4.69, 9.17) is 0 Å². The molecule has 4 aromatic rings. The van der Waals surface area contributed by atoms with Crippen molar-refractivity contribution in [3.05, 3.63) is 57.8 Å². The summed E-state index contributed by atoms with van der Waals surface area (Å²) in [6, 6.07) is 4.38. The smallest absolute Gasteiger partial charge is 0.332 e. The highest BCUT2D eigenvalue weighted by Crippen LogP contribution is 2.45. The van der Waals surface area contributed by atoms with E-state index in [1.165, 1.54) is 28.9 Å². The first-order valence-electron chi connectivity index (χ1n) is 13.3. The van der Waals surface area contributed by atoms with Gasteiger partial charge in [-0.15, -0.1) is 0 Å². The number of nitrogens with one attached hydrogen (secondary N) is 1. The Morgan fingerprint density at radius 1 is 1.10 bits per heavy atom. The summed E-state index contributed by atoms with van der Waals surface area (Å²) in [5.41, 5.74) is 0.198. The van der Waals surface area contributed by atoms with Gasteiger partial charge >= 0.3 is 5.69 Å². The Kier molecular flexibility index (Phi) is 6.28. The number of nitrogens with zero attached hydrogens (tertiary/aromatic N) is 8. The van der Waals surface area contributed by atoms with E-state index in [2.05, 4.69) is 30.2 Å². The summed E-state index contributed by atoms with van der Waals surface area (Å²) in [4.78, 5) is 71.2. The van der Waals surface area contributed by atoms with E-state index in [-0.39, 0.29) is 29.9 Å². The maximum atomic E-state index is 13.2. The van der Waals surface area contributed by atoms with Crippen molar-refractivity contribution >= 4 is 34.6 Å². The van der Waals surface area contributed by atoms with Gasteiger partial charge in [-0.05, 0) is 37.3 Å². The van der Waals surface area contributed by atoms with Gasteiger partial charge in [0.2, 0.25) is 11.9 Å². The summed E-state index contributed by atoms with van der Waals surface area (Å²) in [7, 11) is 1.47.